The maximum atomic E-state index is 5.93. The van der Waals surface area contributed by atoms with Gasteiger partial charge in [-0.1, -0.05) is 47.3 Å². The Labute approximate surface area is 179 Å². The minimum Gasteiger partial charge on any atom is -0.490 e. The highest BCUT2D eigenvalue weighted by Gasteiger charge is 2.03. The Kier molecular flexibility index (Phi) is 11.2. The van der Waals surface area contributed by atoms with Gasteiger partial charge in [-0.25, -0.2) is 0 Å². The van der Waals surface area contributed by atoms with Crippen LogP contribution in [0.5, 0.6) is 5.75 Å². The van der Waals surface area contributed by atoms with E-state index >= 15 is 0 Å². The summed E-state index contributed by atoms with van der Waals surface area (Å²) in [6, 6.07) is 8.37. The monoisotopic (exact) mass is 393 g/mol. The Morgan fingerprint density at radius 1 is 1.14 bits per heavy atom. The van der Waals surface area contributed by atoms with Crippen LogP contribution in [-0.4, -0.2) is 25.1 Å². The molecule has 1 rings (SSSR count). The lowest BCUT2D eigenvalue weighted by atomic mass is 9.98. The summed E-state index contributed by atoms with van der Waals surface area (Å²) in [6.45, 7) is 15.2. The molecule has 0 saturated heterocycles. The van der Waals surface area contributed by atoms with E-state index in [0.29, 0.717) is 6.61 Å². The van der Waals surface area contributed by atoms with Crippen molar-refractivity contribution in [1.29, 1.82) is 0 Å². The van der Waals surface area contributed by atoms with Crippen molar-refractivity contribution in [3.63, 3.8) is 0 Å². The minimum atomic E-state index is 0.0516. The SMILES string of the molecule is CC(C)=CCCC(C)=CCOc1cccc(CN(C)CC=CC#CC(C)(C)C)c1. The van der Waals surface area contributed by atoms with Gasteiger partial charge in [0.1, 0.15) is 12.4 Å². The van der Waals surface area contributed by atoms with Gasteiger partial charge < -0.3 is 4.74 Å². The first-order chi connectivity index (χ1) is 13.7. The lowest BCUT2D eigenvalue weighted by Crippen LogP contribution is -2.17. The highest BCUT2D eigenvalue weighted by molar-refractivity contribution is 5.29. The summed E-state index contributed by atoms with van der Waals surface area (Å²) in [7, 11) is 2.12. The molecule has 0 unspecified atom stereocenters. The fraction of sp³-hybridized carbons (Fsp3) is 0.481. The van der Waals surface area contributed by atoms with Crippen molar-refractivity contribution >= 4 is 0 Å². The topological polar surface area (TPSA) is 12.5 Å². The zero-order valence-electron chi connectivity index (χ0n) is 19.5. The van der Waals surface area contributed by atoms with Crippen LogP contribution >= 0.6 is 0 Å². The molecule has 0 saturated carbocycles. The third-order valence-electron chi connectivity index (χ3n) is 4.19. The molecule has 0 N–H and O–H groups in total. The first-order valence-corrected chi connectivity index (χ1v) is 10.5. The van der Waals surface area contributed by atoms with Crippen molar-refractivity contribution in [2.24, 2.45) is 5.41 Å². The number of ether oxygens (including phenoxy) is 1. The highest BCUT2D eigenvalue weighted by Crippen LogP contribution is 2.15. The van der Waals surface area contributed by atoms with Gasteiger partial charge in [0.05, 0.1) is 0 Å². The quantitative estimate of drug-likeness (QED) is 0.320. The van der Waals surface area contributed by atoms with Crippen molar-refractivity contribution < 1.29 is 4.74 Å². The second-order valence-electron chi connectivity index (χ2n) is 8.95. The Hall–Kier alpha value is -2.24. The summed E-state index contributed by atoms with van der Waals surface area (Å²) in [6.07, 6.45) is 10.7. The lowest BCUT2D eigenvalue weighted by Gasteiger charge is -2.15. The number of rotatable bonds is 10. The average molecular weight is 394 g/mol. The number of hydrogen-bond donors (Lipinski definition) is 0. The molecule has 158 valence electrons. The molecular weight excluding hydrogens is 354 g/mol. The normalized spacial score (nSPS) is 12.1. The molecule has 0 bridgehead atoms. The Balaban J connectivity index is 2.46. The van der Waals surface area contributed by atoms with Crippen LogP contribution in [0.15, 0.2) is 59.7 Å². The fourth-order valence-electron chi connectivity index (χ4n) is 2.63. The van der Waals surface area contributed by atoms with Crippen molar-refractivity contribution in [3.05, 3.63) is 65.3 Å². The van der Waals surface area contributed by atoms with E-state index in [1.54, 1.807) is 0 Å². The Bertz CT molecular complexity index is 762. The number of nitrogens with zero attached hydrogens (tertiary/aromatic N) is 1. The molecule has 29 heavy (non-hydrogen) atoms. The smallest absolute Gasteiger partial charge is 0.120 e. The van der Waals surface area contributed by atoms with Crippen LogP contribution in [0.3, 0.4) is 0 Å². The predicted octanol–water partition coefficient (Wildman–Crippen LogP) is 6.80. The van der Waals surface area contributed by atoms with E-state index in [-0.39, 0.29) is 5.41 Å². The number of likely N-dealkylation sites (N-methyl/N-ethyl adjacent to an activating group) is 1. The second kappa shape index (κ2) is 13.1. The van der Waals surface area contributed by atoms with Gasteiger partial charge in [0.15, 0.2) is 0 Å². The summed E-state index contributed by atoms with van der Waals surface area (Å²) in [5, 5.41) is 0. The van der Waals surface area contributed by atoms with E-state index in [1.165, 1.54) is 16.7 Å². The maximum absolute atomic E-state index is 5.93. The van der Waals surface area contributed by atoms with Crippen LogP contribution < -0.4 is 4.74 Å². The molecule has 0 aliphatic rings. The molecule has 0 atom stereocenters. The molecule has 2 heteroatoms. The van der Waals surface area contributed by atoms with Crippen LogP contribution in [0, 0.1) is 17.3 Å². The van der Waals surface area contributed by atoms with Crippen LogP contribution in [0.1, 0.15) is 59.9 Å². The Morgan fingerprint density at radius 2 is 1.90 bits per heavy atom. The van der Waals surface area contributed by atoms with Crippen molar-refractivity contribution in [2.45, 2.75) is 60.9 Å². The first kappa shape index (κ1) is 24.8. The summed E-state index contributed by atoms with van der Waals surface area (Å²) >= 11 is 0. The third kappa shape index (κ3) is 13.6. The summed E-state index contributed by atoms with van der Waals surface area (Å²) in [5.41, 5.74) is 4.06. The molecule has 2 nitrogen and oxygen atoms in total. The molecule has 0 spiro atoms. The van der Waals surface area contributed by atoms with Gasteiger partial charge in [-0.15, -0.1) is 0 Å². The third-order valence-corrected chi connectivity index (χ3v) is 4.19. The zero-order chi connectivity index (χ0) is 21.7. The highest BCUT2D eigenvalue weighted by atomic mass is 16.5. The second-order valence-corrected chi connectivity index (χ2v) is 8.95. The lowest BCUT2D eigenvalue weighted by molar-refractivity contribution is 0.352. The molecule has 1 aromatic carbocycles. The van der Waals surface area contributed by atoms with E-state index in [0.717, 1.165) is 31.7 Å². The van der Waals surface area contributed by atoms with E-state index < -0.39 is 0 Å². The van der Waals surface area contributed by atoms with Gasteiger partial charge in [-0.05, 0) is 91.3 Å². The van der Waals surface area contributed by atoms with Crippen LogP contribution in [0.2, 0.25) is 0 Å². The largest absolute Gasteiger partial charge is 0.490 e. The first-order valence-electron chi connectivity index (χ1n) is 10.5. The van der Waals surface area contributed by atoms with Crippen molar-refractivity contribution in [3.8, 4) is 17.6 Å². The van der Waals surface area contributed by atoms with Crippen molar-refractivity contribution in [1.82, 2.24) is 4.90 Å². The molecule has 0 amide bonds. The van der Waals surface area contributed by atoms with Gasteiger partial charge in [0.25, 0.3) is 0 Å². The van der Waals surface area contributed by atoms with Gasteiger partial charge in [-0.2, -0.15) is 0 Å². The molecule has 0 aromatic heterocycles. The molecule has 0 radical (unpaired) electrons. The molecule has 0 aliphatic carbocycles. The Morgan fingerprint density at radius 3 is 2.59 bits per heavy atom. The summed E-state index contributed by atoms with van der Waals surface area (Å²) < 4.78 is 5.93. The number of hydrogen-bond acceptors (Lipinski definition) is 2. The fourth-order valence-corrected chi connectivity index (χ4v) is 2.63. The van der Waals surface area contributed by atoms with Gasteiger partial charge >= 0.3 is 0 Å². The summed E-state index contributed by atoms with van der Waals surface area (Å²) in [5.74, 6) is 7.26. The minimum absolute atomic E-state index is 0.0516. The zero-order valence-corrected chi connectivity index (χ0v) is 19.5. The molecular formula is C27H39NO. The van der Waals surface area contributed by atoms with Crippen LogP contribution in [0.25, 0.3) is 0 Å². The molecule has 1 aromatic rings. The van der Waals surface area contributed by atoms with Crippen LogP contribution in [-0.2, 0) is 6.54 Å². The van der Waals surface area contributed by atoms with E-state index in [4.69, 9.17) is 4.74 Å². The van der Waals surface area contributed by atoms with Crippen LogP contribution in [0.4, 0.5) is 0 Å². The molecule has 0 heterocycles. The molecule has 0 fully saturated rings. The molecule has 0 aliphatic heterocycles. The average Bonchev–Trinajstić information content (AvgIpc) is 2.60. The summed E-state index contributed by atoms with van der Waals surface area (Å²) in [4.78, 5) is 2.27. The number of benzene rings is 1. The number of allylic oxidation sites excluding steroid dienone is 4. The predicted molar refractivity (Wildman–Crippen MR) is 127 cm³/mol. The van der Waals surface area contributed by atoms with Gasteiger partial charge in [-0.3, -0.25) is 4.90 Å². The van der Waals surface area contributed by atoms with Gasteiger partial charge in [0, 0.05) is 18.5 Å². The standard InChI is InChI=1S/C27H39NO/c1-23(2)13-11-14-24(3)17-20-29-26-16-12-15-25(21-26)22-28(7)19-10-8-9-18-27(4,5)6/h8,10,12-13,15-17,21H,11,14,19-20,22H2,1-7H3. The van der Waals surface area contributed by atoms with Crippen molar-refractivity contribution in [2.75, 3.05) is 20.2 Å². The van der Waals surface area contributed by atoms with Gasteiger partial charge in [0.2, 0.25) is 0 Å². The van der Waals surface area contributed by atoms with E-state index in [9.17, 15) is 0 Å². The van der Waals surface area contributed by atoms with E-state index in [2.05, 4.69) is 102 Å². The van der Waals surface area contributed by atoms with E-state index in [1.807, 2.05) is 12.1 Å². The maximum Gasteiger partial charge on any atom is 0.120 e.